The number of nitrogens with two attached hydrogens (primary N) is 1. The number of benzene rings is 2. The van der Waals surface area contributed by atoms with E-state index >= 15 is 0 Å². The largest absolute Gasteiger partial charge is 0.457 e. The van der Waals surface area contributed by atoms with E-state index in [0.717, 1.165) is 75.0 Å². The van der Waals surface area contributed by atoms with Crippen LogP contribution < -0.4 is 37.1 Å². The molecular weight excluding hydrogens is 1020 g/mol. The van der Waals surface area contributed by atoms with Crippen LogP contribution in [-0.2, 0) is 33.4 Å². The van der Waals surface area contributed by atoms with Gasteiger partial charge in [0.1, 0.15) is 29.3 Å². The molecule has 0 spiro atoms. The third-order valence-electron chi connectivity index (χ3n) is 13.9. The van der Waals surface area contributed by atoms with E-state index < -0.39 is 0 Å². The van der Waals surface area contributed by atoms with Crippen LogP contribution in [0.2, 0.25) is 0 Å². The average Bonchev–Trinajstić information content (AvgIpc) is 4.26. The lowest BCUT2D eigenvalue weighted by Gasteiger charge is -2.32. The van der Waals surface area contributed by atoms with Crippen LogP contribution in [0.4, 0.5) is 10.6 Å². The van der Waals surface area contributed by atoms with Crippen LogP contribution in [0.15, 0.2) is 73.1 Å². The van der Waals surface area contributed by atoms with Gasteiger partial charge in [-0.1, -0.05) is 30.7 Å². The zero-order valence-corrected chi connectivity index (χ0v) is 46.0. The number of hydrogen-bond acceptors (Lipinski definition) is 15. The van der Waals surface area contributed by atoms with Gasteiger partial charge in [0.05, 0.1) is 49.9 Å². The maximum Gasteiger partial charge on any atom is 0.315 e. The van der Waals surface area contributed by atoms with E-state index in [0.29, 0.717) is 138 Å². The first-order valence-electron chi connectivity index (χ1n) is 27.8. The first-order valence-corrected chi connectivity index (χ1v) is 28.8. The molecule has 3 aliphatic rings. The molecule has 4 atom stereocenters. The summed E-state index contributed by atoms with van der Waals surface area (Å²) in [4.78, 5) is 74.6. The number of unbranched alkanes of at least 4 members (excludes halogenated alkanes) is 2. The van der Waals surface area contributed by atoms with Crippen LogP contribution in [-0.4, -0.2) is 175 Å². The van der Waals surface area contributed by atoms with Crippen molar-refractivity contribution >= 4 is 58.3 Å². The Morgan fingerprint density at radius 3 is 2.14 bits per heavy atom. The van der Waals surface area contributed by atoms with Gasteiger partial charge >= 0.3 is 6.03 Å². The van der Waals surface area contributed by atoms with Crippen LogP contribution in [0.3, 0.4) is 0 Å². The summed E-state index contributed by atoms with van der Waals surface area (Å²) in [7, 11) is 2.01. The Balaban J connectivity index is 0.635. The molecule has 5 heterocycles. The van der Waals surface area contributed by atoms with Crippen molar-refractivity contribution in [1.82, 2.24) is 56.1 Å². The molecule has 22 heteroatoms. The van der Waals surface area contributed by atoms with Crippen molar-refractivity contribution in [3.05, 3.63) is 73.1 Å². The number of nitrogens with one attached hydrogen (secondary N) is 5. The Kier molecular flexibility index (Phi) is 24.8. The second-order valence-electron chi connectivity index (χ2n) is 20.0. The van der Waals surface area contributed by atoms with E-state index in [4.69, 9.17) is 29.8 Å². The van der Waals surface area contributed by atoms with E-state index in [1.165, 1.54) is 6.33 Å². The first kappa shape index (κ1) is 59.3. The molecule has 0 unspecified atom stereocenters. The van der Waals surface area contributed by atoms with Gasteiger partial charge in [0.2, 0.25) is 23.6 Å². The highest BCUT2D eigenvalue weighted by atomic mass is 32.2. The van der Waals surface area contributed by atoms with Crippen LogP contribution in [0, 0.1) is 0 Å². The van der Waals surface area contributed by atoms with Gasteiger partial charge in [0, 0.05) is 94.4 Å². The van der Waals surface area contributed by atoms with Crippen LogP contribution >= 0.6 is 11.8 Å². The number of urea groups is 1. The van der Waals surface area contributed by atoms with Crippen LogP contribution in [0.1, 0.15) is 89.5 Å². The molecule has 2 aromatic heterocycles. The molecule has 21 nitrogen and oxygen atoms in total. The van der Waals surface area contributed by atoms with Crippen molar-refractivity contribution in [3.8, 4) is 22.8 Å². The molecule has 6 amide bonds. The quantitative estimate of drug-likeness (QED) is 0.0192. The molecule has 3 saturated heterocycles. The molecule has 0 bridgehead atoms. The number of nitrogen functional groups attached to an aromatic ring is 1. The SMILES string of the molecule is CN(CC=CC(=O)N1CCC[C@@H](n2nc(-c3ccc(Oc4ccccc4)cc3)c3c(N)ncnc32)C1)CCCCNC(=O)CCCC(=O)NCCCOCCOCCOCCCNC(=O)CCCC[C@@H]1SC[C@@H]2NC(=O)N[C@@H]21. The molecule has 7 rings (SSSR count). The van der Waals surface area contributed by atoms with Crippen molar-refractivity contribution in [2.24, 2.45) is 0 Å². The smallest absolute Gasteiger partial charge is 0.315 e. The second-order valence-corrected chi connectivity index (χ2v) is 21.2. The fourth-order valence-electron chi connectivity index (χ4n) is 9.67. The number of rotatable bonds is 35. The number of aromatic nitrogens is 4. The molecule has 3 aliphatic heterocycles. The molecule has 78 heavy (non-hydrogen) atoms. The van der Waals surface area contributed by atoms with E-state index in [1.807, 2.05) is 89.1 Å². The monoisotopic (exact) mass is 1100 g/mol. The van der Waals surface area contributed by atoms with Crippen molar-refractivity contribution in [3.63, 3.8) is 0 Å². The summed E-state index contributed by atoms with van der Waals surface area (Å²) in [5.74, 6) is 2.63. The molecule has 0 radical (unpaired) electrons. The van der Waals surface area contributed by atoms with Gasteiger partial charge in [-0.3, -0.25) is 19.2 Å². The summed E-state index contributed by atoms with van der Waals surface area (Å²) in [5.41, 5.74) is 8.59. The number of likely N-dealkylation sites (N-methyl/N-ethyl adjacent to an activating group) is 1. The number of likely N-dealkylation sites (tertiary alicyclic amines) is 1. The summed E-state index contributed by atoms with van der Waals surface area (Å²) in [6.07, 6.45) is 14.2. The van der Waals surface area contributed by atoms with Gasteiger partial charge in [-0.2, -0.15) is 16.9 Å². The third-order valence-corrected chi connectivity index (χ3v) is 15.4. The Morgan fingerprint density at radius 1 is 0.782 bits per heavy atom. The van der Waals surface area contributed by atoms with Gasteiger partial charge in [0.25, 0.3) is 0 Å². The third kappa shape index (κ3) is 19.5. The van der Waals surface area contributed by atoms with Crippen molar-refractivity contribution < 1.29 is 42.9 Å². The predicted molar refractivity (Wildman–Crippen MR) is 301 cm³/mol. The molecule has 0 saturated carbocycles. The van der Waals surface area contributed by atoms with E-state index in [2.05, 4.69) is 41.5 Å². The Hall–Kier alpha value is -6.33. The lowest BCUT2D eigenvalue weighted by atomic mass is 10.0. The number of carbonyl (C=O) groups excluding carboxylic acids is 5. The fourth-order valence-corrected chi connectivity index (χ4v) is 11.2. The molecule has 4 aromatic rings. The number of amides is 6. The van der Waals surface area contributed by atoms with Crippen molar-refractivity contribution in [2.45, 2.75) is 107 Å². The molecule has 2 aromatic carbocycles. The lowest BCUT2D eigenvalue weighted by Crippen LogP contribution is -2.40. The number of carbonyl (C=O) groups is 5. The second kappa shape index (κ2) is 32.5. The minimum atomic E-state index is -0.0859. The number of thioether (sulfide) groups is 1. The van der Waals surface area contributed by atoms with Crippen molar-refractivity contribution in [2.75, 3.05) is 104 Å². The zero-order valence-electron chi connectivity index (χ0n) is 45.2. The highest BCUT2D eigenvalue weighted by Crippen LogP contribution is 2.36. The summed E-state index contributed by atoms with van der Waals surface area (Å²) in [5, 5.41) is 20.9. The normalized spacial score (nSPS) is 18.0. The Morgan fingerprint density at radius 2 is 1.44 bits per heavy atom. The standard InChI is InChI=1S/C56H80N12O9S/c1-66(30-11-21-50(72)67-31-10-14-42(38-67)68-55-51(54(57)61-40-62-55)52(65-68)41-22-24-44(25-23-41)77-43-15-3-2-4-16-43)29-8-7-26-58-48(70)19-9-20-49(71)60-28-13-33-75-35-37-76-36-34-74-32-12-27-59-47(69)18-6-5-17-46-53-45(39-78-46)63-56(73)64-53/h2-4,11,15-16,21-25,40,42,45-46,53H,5-10,12-14,17-20,26-39H2,1H3,(H,58,70)(H,59,69)(H,60,71)(H2,57,61,62)(H2,63,64,73)/t42-,45+,46+,53+/m1/s1. The van der Waals surface area contributed by atoms with Crippen LogP contribution in [0.5, 0.6) is 11.5 Å². The Labute approximate surface area is 462 Å². The number of ether oxygens (including phenoxy) is 4. The maximum atomic E-state index is 13.4. The maximum absolute atomic E-state index is 13.4. The summed E-state index contributed by atoms with van der Waals surface area (Å²) < 4.78 is 24.6. The van der Waals surface area contributed by atoms with Crippen LogP contribution in [0.25, 0.3) is 22.3 Å². The minimum absolute atomic E-state index is 0.0413. The average molecular weight is 1100 g/mol. The number of nitrogens with zero attached hydrogens (tertiary/aromatic N) is 6. The van der Waals surface area contributed by atoms with Gasteiger partial charge in [-0.15, -0.1) is 0 Å². The van der Waals surface area contributed by atoms with E-state index in [1.54, 1.807) is 6.08 Å². The zero-order chi connectivity index (χ0) is 54.7. The number of hydrogen-bond donors (Lipinski definition) is 6. The fraction of sp³-hybridized carbons (Fsp3) is 0.571. The summed E-state index contributed by atoms with van der Waals surface area (Å²) >= 11 is 1.90. The highest BCUT2D eigenvalue weighted by Gasteiger charge is 2.42. The number of piperidine rings is 1. The summed E-state index contributed by atoms with van der Waals surface area (Å²) in [6, 6.07) is 17.6. The molecule has 424 valence electrons. The molecule has 0 aliphatic carbocycles. The van der Waals surface area contributed by atoms with Gasteiger partial charge < -0.3 is 61.1 Å². The lowest BCUT2D eigenvalue weighted by molar-refractivity contribution is -0.127. The minimum Gasteiger partial charge on any atom is -0.457 e. The predicted octanol–water partition coefficient (Wildman–Crippen LogP) is 5.37. The Bertz CT molecular complexity index is 2540. The molecule has 3 fully saturated rings. The van der Waals surface area contributed by atoms with E-state index in [-0.39, 0.29) is 54.2 Å². The number of fused-ring (bicyclic) bond motifs is 2. The molecular formula is C56H80N12O9S. The number of para-hydroxylation sites is 1. The summed E-state index contributed by atoms with van der Waals surface area (Å²) in [6.45, 7) is 7.13. The topological polar surface area (TPSA) is 259 Å². The first-order chi connectivity index (χ1) is 38.1. The van der Waals surface area contributed by atoms with Crippen molar-refractivity contribution in [1.29, 1.82) is 0 Å². The highest BCUT2D eigenvalue weighted by molar-refractivity contribution is 8.00. The van der Waals surface area contributed by atoms with Gasteiger partial charge in [-0.25, -0.2) is 19.4 Å². The van der Waals surface area contributed by atoms with Gasteiger partial charge in [-0.05, 0) is 108 Å². The number of anilines is 1. The van der Waals surface area contributed by atoms with Gasteiger partial charge in [0.15, 0.2) is 5.65 Å². The van der Waals surface area contributed by atoms with E-state index in [9.17, 15) is 24.0 Å². The molecule has 7 N–H and O–H groups in total.